The van der Waals surface area contributed by atoms with Gasteiger partial charge in [0.25, 0.3) is 5.97 Å². The molecule has 3 heteroatoms. The van der Waals surface area contributed by atoms with Gasteiger partial charge in [-0.25, -0.2) is 0 Å². The Kier molecular flexibility index (Phi) is 4.99. The van der Waals surface area contributed by atoms with E-state index in [4.69, 9.17) is 4.74 Å². The van der Waals surface area contributed by atoms with Crippen molar-refractivity contribution in [3.63, 3.8) is 0 Å². The summed E-state index contributed by atoms with van der Waals surface area (Å²) in [6.45, 7) is 6.19. The van der Waals surface area contributed by atoms with Crippen LogP contribution < -0.4 is 0 Å². The lowest BCUT2D eigenvalue weighted by atomic mass is 10.1. The van der Waals surface area contributed by atoms with Crippen LogP contribution in [0.2, 0.25) is 0 Å². The van der Waals surface area contributed by atoms with E-state index in [1.165, 1.54) is 0 Å². The van der Waals surface area contributed by atoms with Crippen LogP contribution in [0, 0.1) is 12.5 Å². The maximum absolute atomic E-state index is 11.2. The fourth-order valence-corrected chi connectivity index (χ4v) is 0.626. The summed E-state index contributed by atoms with van der Waals surface area (Å²) in [6.07, 6.45) is 0.830. The quantitative estimate of drug-likeness (QED) is 0.370. The van der Waals surface area contributed by atoms with Gasteiger partial charge in [-0.1, -0.05) is 13.8 Å². The second kappa shape index (κ2) is 5.22. The van der Waals surface area contributed by atoms with Gasteiger partial charge in [0.1, 0.15) is 0 Å². The summed E-state index contributed by atoms with van der Waals surface area (Å²) in [7, 11) is 6.15. The molecule has 0 spiro atoms. The molecule has 0 saturated heterocycles. The predicted octanol–water partition coefficient (Wildman–Crippen LogP) is 1.44. The monoisotopic (exact) mass is 187 g/mol. The van der Waals surface area contributed by atoms with Crippen molar-refractivity contribution in [3.8, 4) is 0 Å². The Bertz CT molecular complexity index is 161. The molecule has 0 fully saturated rings. The first-order valence-electron chi connectivity index (χ1n) is 4.69. The number of carbonyl (C=O) groups excluding carboxylic acids is 1. The second-order valence-corrected chi connectivity index (χ2v) is 4.39. The maximum atomic E-state index is 11.2. The summed E-state index contributed by atoms with van der Waals surface area (Å²) in [5.74, 6) is -0.125. The molecule has 13 heavy (non-hydrogen) atoms. The molecule has 0 aromatic rings. The lowest BCUT2D eigenvalue weighted by Gasteiger charge is -2.30. The van der Waals surface area contributed by atoms with E-state index >= 15 is 0 Å². The van der Waals surface area contributed by atoms with Gasteiger partial charge in [0.05, 0.1) is 27.1 Å². The lowest BCUT2D eigenvalue weighted by Crippen LogP contribution is -2.36. The van der Waals surface area contributed by atoms with E-state index in [0.717, 1.165) is 17.4 Å². The van der Waals surface area contributed by atoms with Gasteiger partial charge >= 0.3 is 0 Å². The van der Waals surface area contributed by atoms with Crippen LogP contribution in [-0.4, -0.2) is 38.1 Å². The molecular formula is C10H21NO2. The van der Waals surface area contributed by atoms with Crippen LogP contribution in [-0.2, 0) is 9.53 Å². The zero-order valence-corrected chi connectivity index (χ0v) is 9.33. The minimum Gasteiger partial charge on any atom is -0.632 e. The molecule has 0 saturated carbocycles. The van der Waals surface area contributed by atoms with Crippen molar-refractivity contribution in [3.05, 3.63) is 6.61 Å². The largest absolute Gasteiger partial charge is 0.632 e. The van der Waals surface area contributed by atoms with Crippen LogP contribution in [0.5, 0.6) is 0 Å². The number of hydrogen-bond donors (Lipinski definition) is 0. The van der Waals surface area contributed by atoms with Gasteiger partial charge in [-0.2, -0.15) is 0 Å². The molecule has 0 aromatic carbocycles. The third kappa shape index (κ3) is 6.58. The molecule has 0 heterocycles. The normalized spacial score (nSPS) is 13.9. The van der Waals surface area contributed by atoms with Gasteiger partial charge in [0.15, 0.2) is 0 Å². The molecule has 0 aliphatic heterocycles. The third-order valence-electron chi connectivity index (χ3n) is 1.84. The predicted molar refractivity (Wildman–Crippen MR) is 52.7 cm³/mol. The average Bonchev–Trinajstić information content (AvgIpc) is 2.00. The van der Waals surface area contributed by atoms with Crippen LogP contribution >= 0.6 is 0 Å². The average molecular weight is 187 g/mol. The molecule has 78 valence electrons. The van der Waals surface area contributed by atoms with Gasteiger partial charge in [-0.15, -0.1) is 6.61 Å². The smallest absolute Gasteiger partial charge is 0.277 e. The van der Waals surface area contributed by atoms with Crippen LogP contribution in [0.3, 0.4) is 0 Å². The number of carbonyl (C=O) groups is 1. The Balaban J connectivity index is 3.60. The number of likely N-dealkylation sites (N-methyl/N-ethyl adjacent to an activating group) is 1. The topological polar surface area (TPSA) is 26.3 Å². The fraction of sp³-hybridized carbons (Fsp3) is 0.800. The highest BCUT2D eigenvalue weighted by Gasteiger charge is 2.08. The Labute approximate surface area is 81.3 Å². The third-order valence-corrected chi connectivity index (χ3v) is 1.84. The van der Waals surface area contributed by atoms with Crippen molar-refractivity contribution in [1.29, 1.82) is 0 Å². The molecule has 1 atom stereocenters. The van der Waals surface area contributed by atoms with Crippen molar-refractivity contribution in [2.75, 3.05) is 27.7 Å². The van der Waals surface area contributed by atoms with Gasteiger partial charge in [0.2, 0.25) is 0 Å². The number of hydrogen-bond acceptors (Lipinski definition) is 2. The summed E-state index contributed by atoms with van der Waals surface area (Å²) in [5, 5.41) is 0. The summed E-state index contributed by atoms with van der Waals surface area (Å²) in [4.78, 5) is 11.2. The van der Waals surface area contributed by atoms with Gasteiger partial charge in [0, 0.05) is 0 Å². The Morgan fingerprint density at radius 3 is 2.38 bits per heavy atom. The van der Waals surface area contributed by atoms with E-state index in [0.29, 0.717) is 0 Å². The molecule has 0 aromatic heterocycles. The molecule has 0 N–H and O–H groups in total. The molecule has 0 aliphatic carbocycles. The number of rotatable bonds is 5. The van der Waals surface area contributed by atoms with Crippen molar-refractivity contribution < 1.29 is 14.0 Å². The number of nitrogens with zero attached hydrogens (tertiary/aromatic N) is 1. The maximum Gasteiger partial charge on any atom is 0.277 e. The van der Waals surface area contributed by atoms with Crippen molar-refractivity contribution in [2.24, 2.45) is 5.92 Å². The number of ether oxygens (including phenoxy) is 1. The SMILES string of the molecule is CC[C@@H](C)C(=O)O[CH-]C[N+](C)(C)C. The summed E-state index contributed by atoms with van der Waals surface area (Å²) < 4.78 is 5.76. The minimum absolute atomic E-state index is 0.00344. The Morgan fingerprint density at radius 1 is 1.46 bits per heavy atom. The number of quaternary nitrogens is 1. The summed E-state index contributed by atoms with van der Waals surface area (Å²) in [5.41, 5.74) is 0. The first-order chi connectivity index (χ1) is 5.87. The summed E-state index contributed by atoms with van der Waals surface area (Å²) >= 11 is 0. The van der Waals surface area contributed by atoms with E-state index in [1.807, 2.05) is 35.0 Å². The zero-order valence-electron chi connectivity index (χ0n) is 9.33. The molecule has 0 radical (unpaired) electrons. The van der Waals surface area contributed by atoms with Crippen LogP contribution in [0.1, 0.15) is 20.3 Å². The van der Waals surface area contributed by atoms with E-state index in [9.17, 15) is 4.79 Å². The fourth-order valence-electron chi connectivity index (χ4n) is 0.626. The Hall–Kier alpha value is -0.570. The second-order valence-electron chi connectivity index (χ2n) is 4.39. The molecule has 0 unspecified atom stereocenters. The molecule has 0 bridgehead atoms. The Morgan fingerprint density at radius 2 is 2.00 bits per heavy atom. The van der Waals surface area contributed by atoms with E-state index < -0.39 is 0 Å². The lowest BCUT2D eigenvalue weighted by molar-refractivity contribution is -0.867. The zero-order chi connectivity index (χ0) is 10.5. The standard InChI is InChI=1S/C10H21NO2/c1-6-9(2)10(12)13-8-7-11(3,4)5/h8-9H,6-7H2,1-5H3/t9-/m1/s1. The highest BCUT2D eigenvalue weighted by molar-refractivity contribution is 5.72. The number of esters is 1. The van der Waals surface area contributed by atoms with Crippen LogP contribution in [0.15, 0.2) is 0 Å². The molecule has 3 nitrogen and oxygen atoms in total. The molecule has 0 aliphatic rings. The summed E-state index contributed by atoms with van der Waals surface area (Å²) in [6, 6.07) is 0. The van der Waals surface area contributed by atoms with E-state index in [2.05, 4.69) is 0 Å². The van der Waals surface area contributed by atoms with Crippen molar-refractivity contribution in [2.45, 2.75) is 20.3 Å². The van der Waals surface area contributed by atoms with Gasteiger partial charge in [-0.05, 0) is 13.0 Å². The highest BCUT2D eigenvalue weighted by Crippen LogP contribution is 2.04. The van der Waals surface area contributed by atoms with Gasteiger partial charge in [-0.3, -0.25) is 4.79 Å². The van der Waals surface area contributed by atoms with E-state index in [1.54, 1.807) is 6.61 Å². The van der Waals surface area contributed by atoms with E-state index in [-0.39, 0.29) is 11.9 Å². The minimum atomic E-state index is -0.129. The van der Waals surface area contributed by atoms with Crippen LogP contribution in [0.25, 0.3) is 0 Å². The first kappa shape index (κ1) is 12.4. The molecule has 0 rings (SSSR count). The van der Waals surface area contributed by atoms with Crippen LogP contribution in [0.4, 0.5) is 0 Å². The molecule has 0 amide bonds. The highest BCUT2D eigenvalue weighted by atomic mass is 16.5. The first-order valence-corrected chi connectivity index (χ1v) is 4.69. The van der Waals surface area contributed by atoms with Crippen molar-refractivity contribution >= 4 is 5.97 Å². The van der Waals surface area contributed by atoms with Crippen molar-refractivity contribution in [1.82, 2.24) is 0 Å². The van der Waals surface area contributed by atoms with Gasteiger partial charge < -0.3 is 9.22 Å². The molecular weight excluding hydrogens is 166 g/mol.